The smallest absolute Gasteiger partial charge is 0.277 e. The Hall–Kier alpha value is -4.60. The molecular weight excluding hydrogens is 485 g/mol. The summed E-state index contributed by atoms with van der Waals surface area (Å²) in [6, 6.07) is 13.9. The maximum Gasteiger partial charge on any atom is 0.277 e. The molecule has 10 heteroatoms. The molecule has 0 spiro atoms. The van der Waals surface area contributed by atoms with E-state index in [9.17, 15) is 14.0 Å². The average molecular weight is 512 g/mol. The molecule has 1 fully saturated rings. The number of aromatic nitrogens is 6. The van der Waals surface area contributed by atoms with E-state index in [1.165, 1.54) is 35.4 Å². The van der Waals surface area contributed by atoms with Crippen molar-refractivity contribution >= 4 is 16.9 Å². The zero-order valence-corrected chi connectivity index (χ0v) is 20.6. The number of nitrogens with one attached hydrogen (secondary N) is 2. The van der Waals surface area contributed by atoms with Gasteiger partial charge in [0.15, 0.2) is 0 Å². The number of carbonyl (C=O) groups excluding carboxylic acids is 1. The molecule has 6 rings (SSSR count). The molecule has 0 saturated carbocycles. The van der Waals surface area contributed by atoms with Gasteiger partial charge in [0.1, 0.15) is 11.5 Å². The molecule has 1 aliphatic heterocycles. The largest absolute Gasteiger partial charge is 0.337 e. The van der Waals surface area contributed by atoms with E-state index in [1.807, 2.05) is 24.3 Å². The summed E-state index contributed by atoms with van der Waals surface area (Å²) in [5.74, 6) is -0.118. The molecule has 1 unspecified atom stereocenters. The Balaban J connectivity index is 1.35. The molecular formula is C28H26FN7O2. The van der Waals surface area contributed by atoms with Gasteiger partial charge in [0.25, 0.3) is 11.5 Å². The molecule has 0 radical (unpaired) electrons. The van der Waals surface area contributed by atoms with Crippen molar-refractivity contribution in [3.05, 3.63) is 106 Å². The Kier molecular flexibility index (Phi) is 6.28. The van der Waals surface area contributed by atoms with Gasteiger partial charge in [-0.3, -0.25) is 19.7 Å². The second kappa shape index (κ2) is 10.0. The number of hydrogen-bond acceptors (Lipinski definition) is 5. The van der Waals surface area contributed by atoms with Gasteiger partial charge in [-0.1, -0.05) is 24.3 Å². The normalized spacial score (nSPS) is 15.7. The molecule has 38 heavy (non-hydrogen) atoms. The summed E-state index contributed by atoms with van der Waals surface area (Å²) in [7, 11) is 0. The molecule has 1 atom stereocenters. The summed E-state index contributed by atoms with van der Waals surface area (Å²) in [6.07, 6.45) is 7.19. The van der Waals surface area contributed by atoms with Crippen molar-refractivity contribution in [2.45, 2.75) is 31.6 Å². The van der Waals surface area contributed by atoms with Gasteiger partial charge in [0, 0.05) is 42.7 Å². The minimum atomic E-state index is -0.293. The third-order valence-corrected chi connectivity index (χ3v) is 7.08. The SMILES string of the molecule is O=C(c1cnccn1)N1CCCC(c2[nH]n(-c3nc4ccccc4[nH]3)c(=O)c2CCc2ccc(F)cc2)C1. The van der Waals surface area contributed by atoms with E-state index in [0.717, 1.165) is 35.1 Å². The van der Waals surface area contributed by atoms with Crippen LogP contribution in [0.15, 0.2) is 71.9 Å². The zero-order chi connectivity index (χ0) is 26.1. The first-order valence-corrected chi connectivity index (χ1v) is 12.7. The highest BCUT2D eigenvalue weighted by Crippen LogP contribution is 2.29. The Morgan fingerprint density at radius 3 is 2.71 bits per heavy atom. The highest BCUT2D eigenvalue weighted by molar-refractivity contribution is 5.92. The van der Waals surface area contributed by atoms with Gasteiger partial charge in [-0.05, 0) is 55.5 Å². The number of para-hydroxylation sites is 2. The van der Waals surface area contributed by atoms with Crippen LogP contribution in [-0.2, 0) is 12.8 Å². The first-order valence-electron chi connectivity index (χ1n) is 12.7. The lowest BCUT2D eigenvalue weighted by Crippen LogP contribution is -2.39. The summed E-state index contributed by atoms with van der Waals surface area (Å²) in [4.78, 5) is 44.6. The second-order valence-corrected chi connectivity index (χ2v) is 9.53. The van der Waals surface area contributed by atoms with E-state index in [0.29, 0.717) is 43.1 Å². The van der Waals surface area contributed by atoms with Gasteiger partial charge >= 0.3 is 0 Å². The second-order valence-electron chi connectivity index (χ2n) is 9.53. The van der Waals surface area contributed by atoms with Crippen molar-refractivity contribution in [1.82, 2.24) is 34.6 Å². The number of H-pyrrole nitrogens is 2. The number of carbonyl (C=O) groups is 1. The third-order valence-electron chi connectivity index (χ3n) is 7.08. The van der Waals surface area contributed by atoms with Crippen LogP contribution in [0.1, 0.15) is 46.1 Å². The van der Waals surface area contributed by atoms with Crippen LogP contribution in [0, 0.1) is 5.82 Å². The molecule has 1 saturated heterocycles. The van der Waals surface area contributed by atoms with Crippen LogP contribution in [0.4, 0.5) is 4.39 Å². The van der Waals surface area contributed by atoms with Gasteiger partial charge in [-0.2, -0.15) is 4.68 Å². The van der Waals surface area contributed by atoms with E-state index >= 15 is 0 Å². The zero-order valence-electron chi connectivity index (χ0n) is 20.6. The number of nitrogens with zero attached hydrogens (tertiary/aromatic N) is 5. The molecule has 1 aliphatic rings. The van der Waals surface area contributed by atoms with Crippen LogP contribution >= 0.6 is 0 Å². The van der Waals surface area contributed by atoms with Crippen molar-refractivity contribution in [3.63, 3.8) is 0 Å². The first-order chi connectivity index (χ1) is 18.6. The van der Waals surface area contributed by atoms with Crippen molar-refractivity contribution in [1.29, 1.82) is 0 Å². The van der Waals surface area contributed by atoms with Crippen molar-refractivity contribution in [3.8, 4) is 5.95 Å². The van der Waals surface area contributed by atoms with Gasteiger partial charge in [0.2, 0.25) is 5.95 Å². The average Bonchev–Trinajstić information content (AvgIpc) is 3.53. The minimum absolute atomic E-state index is 0.0640. The molecule has 9 nitrogen and oxygen atoms in total. The van der Waals surface area contributed by atoms with E-state index < -0.39 is 0 Å². The fraction of sp³-hybridized carbons (Fsp3) is 0.250. The molecule has 0 bridgehead atoms. The number of imidazole rings is 1. The first kappa shape index (κ1) is 23.8. The number of aromatic amines is 2. The molecule has 1 amide bonds. The summed E-state index contributed by atoms with van der Waals surface area (Å²) in [5, 5.41) is 3.33. The highest BCUT2D eigenvalue weighted by atomic mass is 19.1. The highest BCUT2D eigenvalue weighted by Gasteiger charge is 2.30. The Bertz CT molecular complexity index is 1610. The monoisotopic (exact) mass is 511 g/mol. The molecule has 5 aromatic rings. The maximum atomic E-state index is 13.7. The Morgan fingerprint density at radius 2 is 1.92 bits per heavy atom. The van der Waals surface area contributed by atoms with Crippen molar-refractivity contribution < 1.29 is 9.18 Å². The van der Waals surface area contributed by atoms with E-state index in [4.69, 9.17) is 0 Å². The van der Waals surface area contributed by atoms with Crippen molar-refractivity contribution in [2.24, 2.45) is 0 Å². The van der Waals surface area contributed by atoms with E-state index in [-0.39, 0.29) is 23.2 Å². The van der Waals surface area contributed by atoms with E-state index in [1.54, 1.807) is 17.0 Å². The van der Waals surface area contributed by atoms with Crippen molar-refractivity contribution in [2.75, 3.05) is 13.1 Å². The predicted molar refractivity (Wildman–Crippen MR) is 140 cm³/mol. The predicted octanol–water partition coefficient (Wildman–Crippen LogP) is 3.78. The number of likely N-dealkylation sites (tertiary alicyclic amines) is 1. The van der Waals surface area contributed by atoms with Crippen LogP contribution < -0.4 is 5.56 Å². The molecule has 4 heterocycles. The number of fused-ring (bicyclic) bond motifs is 1. The van der Waals surface area contributed by atoms with Crippen LogP contribution in [0.2, 0.25) is 0 Å². The van der Waals surface area contributed by atoms with Gasteiger partial charge in [-0.25, -0.2) is 14.4 Å². The van der Waals surface area contributed by atoms with Gasteiger partial charge in [-0.15, -0.1) is 0 Å². The molecule has 0 aliphatic carbocycles. The lowest BCUT2D eigenvalue weighted by atomic mass is 9.90. The van der Waals surface area contributed by atoms with Crippen LogP contribution in [-0.4, -0.2) is 53.6 Å². The fourth-order valence-electron chi connectivity index (χ4n) is 5.15. The van der Waals surface area contributed by atoms with Gasteiger partial charge < -0.3 is 9.88 Å². The fourth-order valence-corrected chi connectivity index (χ4v) is 5.15. The molecule has 2 N–H and O–H groups in total. The van der Waals surface area contributed by atoms with Crippen LogP contribution in [0.25, 0.3) is 17.0 Å². The molecule has 192 valence electrons. The number of halogens is 1. The number of rotatable bonds is 6. The molecule has 3 aromatic heterocycles. The number of hydrogen-bond donors (Lipinski definition) is 2. The van der Waals surface area contributed by atoms with Crippen LogP contribution in [0.3, 0.4) is 0 Å². The number of aryl methyl sites for hydroxylation is 1. The summed E-state index contributed by atoms with van der Waals surface area (Å²) in [6.45, 7) is 1.07. The maximum absolute atomic E-state index is 13.7. The minimum Gasteiger partial charge on any atom is -0.337 e. The summed E-state index contributed by atoms with van der Waals surface area (Å²) in [5.41, 5.74) is 4.10. The van der Waals surface area contributed by atoms with Crippen LogP contribution in [0.5, 0.6) is 0 Å². The number of amides is 1. The van der Waals surface area contributed by atoms with Gasteiger partial charge in [0.05, 0.1) is 17.2 Å². The third kappa shape index (κ3) is 4.60. The Morgan fingerprint density at radius 1 is 1.08 bits per heavy atom. The summed E-state index contributed by atoms with van der Waals surface area (Å²) >= 11 is 0. The molecule has 2 aromatic carbocycles. The standard InChI is InChI=1S/C28H26FN7O2/c29-20-10-7-18(8-11-20)9-12-21-25(19-4-3-15-35(17-19)27(38)24-16-30-13-14-31-24)34-36(26(21)37)28-32-22-5-1-2-6-23(22)33-28/h1-2,5-8,10-11,13-14,16,19,34H,3-4,9,12,15,17H2,(H,32,33). The summed E-state index contributed by atoms with van der Waals surface area (Å²) < 4.78 is 14.9. The number of piperidine rings is 1. The lowest BCUT2D eigenvalue weighted by molar-refractivity contribution is 0.0699. The lowest BCUT2D eigenvalue weighted by Gasteiger charge is -2.32. The number of benzene rings is 2. The Labute approximate surface area is 217 Å². The quantitative estimate of drug-likeness (QED) is 0.360. The van der Waals surface area contributed by atoms with E-state index in [2.05, 4.69) is 25.0 Å². The topological polar surface area (TPSA) is 113 Å².